The third-order valence-electron chi connectivity index (χ3n) is 8.96. The maximum atomic E-state index is 4.38. The van der Waals surface area contributed by atoms with Gasteiger partial charge in [-0.3, -0.25) is 9.97 Å². The van der Waals surface area contributed by atoms with Crippen molar-refractivity contribution in [1.29, 1.82) is 0 Å². The predicted octanol–water partition coefficient (Wildman–Crippen LogP) is 9.93. The van der Waals surface area contributed by atoms with Gasteiger partial charge in [0, 0.05) is 57.7 Å². The van der Waals surface area contributed by atoms with Crippen LogP contribution in [0.5, 0.6) is 0 Å². The number of hydrogen-bond donors (Lipinski definition) is 0. The molecule has 0 aliphatic carbocycles. The zero-order valence-corrected chi connectivity index (χ0v) is 24.5. The molecule has 0 radical (unpaired) electrons. The van der Waals surface area contributed by atoms with Gasteiger partial charge in [-0.25, -0.2) is 0 Å². The highest BCUT2D eigenvalue weighted by Gasteiger charge is 2.13. The Kier molecular flexibility index (Phi) is 5.85. The highest BCUT2D eigenvalue weighted by molar-refractivity contribution is 6.09. The quantitative estimate of drug-likeness (QED) is 0.204. The molecular weight excluding hydrogens is 548 g/mol. The zero-order chi connectivity index (χ0) is 29.7. The van der Waals surface area contributed by atoms with Crippen molar-refractivity contribution in [3.63, 3.8) is 0 Å². The minimum absolute atomic E-state index is 0.888. The molecule has 0 spiro atoms. The van der Waals surface area contributed by atoms with Gasteiger partial charge in [0.2, 0.25) is 0 Å². The summed E-state index contributed by atoms with van der Waals surface area (Å²) in [5.41, 5.74) is 12.1. The van der Waals surface area contributed by atoms with Crippen LogP contribution in [-0.2, 0) is 6.42 Å². The monoisotopic (exact) mass is 576 g/mol. The van der Waals surface area contributed by atoms with Crippen molar-refractivity contribution in [3.05, 3.63) is 169 Å². The Balaban J connectivity index is 0.966. The van der Waals surface area contributed by atoms with E-state index in [4.69, 9.17) is 0 Å². The minimum Gasteiger partial charge on any atom is -0.309 e. The molecule has 0 saturated heterocycles. The van der Waals surface area contributed by atoms with E-state index in [0.717, 1.165) is 17.8 Å². The molecule has 212 valence electrons. The van der Waals surface area contributed by atoms with Gasteiger partial charge in [-0.2, -0.15) is 0 Å². The molecule has 45 heavy (non-hydrogen) atoms. The summed E-state index contributed by atoms with van der Waals surface area (Å²) in [7, 11) is 0. The molecule has 0 unspecified atom stereocenters. The summed E-state index contributed by atoms with van der Waals surface area (Å²) in [5, 5.41) is 4.80. The topological polar surface area (TPSA) is 35.6 Å². The molecule has 0 atom stereocenters. The van der Waals surface area contributed by atoms with E-state index in [1.54, 1.807) is 0 Å². The molecule has 4 nitrogen and oxygen atoms in total. The lowest BCUT2D eigenvalue weighted by molar-refractivity contribution is 1.14. The van der Waals surface area contributed by atoms with Crippen LogP contribution in [0.3, 0.4) is 0 Å². The number of aromatic nitrogens is 4. The normalized spacial score (nSPS) is 11.6. The number of fused-ring (bicyclic) bond motifs is 6. The molecule has 4 heterocycles. The summed E-state index contributed by atoms with van der Waals surface area (Å²) in [5.74, 6) is 0. The van der Waals surface area contributed by atoms with Crippen LogP contribution in [0.2, 0.25) is 0 Å². The number of rotatable bonds is 5. The lowest BCUT2D eigenvalue weighted by Gasteiger charge is -2.10. The standard InChI is InChI=1S/C41H28N4/c1-3-7-38-34(5-1)36-26-42-23-21-40(36)44(38)32-17-11-29(12-18-32)25-28-9-13-30(14-10-28)31-15-19-33(20-16-31)45-39-8-4-2-6-35(39)37-27-43-24-22-41(37)45/h1-24,26-27H,25H2. The summed E-state index contributed by atoms with van der Waals surface area (Å²) >= 11 is 0. The average Bonchev–Trinajstić information content (AvgIpc) is 3.62. The average molecular weight is 577 g/mol. The molecule has 0 N–H and O–H groups in total. The van der Waals surface area contributed by atoms with Crippen LogP contribution in [-0.4, -0.2) is 19.1 Å². The summed E-state index contributed by atoms with van der Waals surface area (Å²) in [6.07, 6.45) is 8.55. The zero-order valence-electron chi connectivity index (χ0n) is 24.5. The van der Waals surface area contributed by atoms with E-state index in [-0.39, 0.29) is 0 Å². The predicted molar refractivity (Wildman–Crippen MR) is 185 cm³/mol. The van der Waals surface area contributed by atoms with Crippen molar-refractivity contribution in [3.8, 4) is 22.5 Å². The Labute approximate surface area is 260 Å². The van der Waals surface area contributed by atoms with Crippen LogP contribution in [0.4, 0.5) is 0 Å². The number of hydrogen-bond acceptors (Lipinski definition) is 2. The first-order chi connectivity index (χ1) is 22.3. The Morgan fingerprint density at radius 2 is 0.778 bits per heavy atom. The van der Waals surface area contributed by atoms with Gasteiger partial charge in [0.05, 0.1) is 22.1 Å². The van der Waals surface area contributed by atoms with E-state index in [2.05, 4.69) is 153 Å². The van der Waals surface area contributed by atoms with Crippen molar-refractivity contribution in [2.24, 2.45) is 0 Å². The van der Waals surface area contributed by atoms with Crippen LogP contribution in [0.15, 0.2) is 158 Å². The second kappa shape index (κ2) is 10.3. The third kappa shape index (κ3) is 4.22. The van der Waals surface area contributed by atoms with E-state index in [1.165, 1.54) is 65.9 Å². The lowest BCUT2D eigenvalue weighted by Crippen LogP contribution is -1.95. The van der Waals surface area contributed by atoms with Crippen LogP contribution in [0.1, 0.15) is 11.1 Å². The minimum atomic E-state index is 0.888. The van der Waals surface area contributed by atoms with E-state index in [0.29, 0.717) is 0 Å². The van der Waals surface area contributed by atoms with E-state index in [1.807, 2.05) is 24.8 Å². The molecule has 9 aromatic rings. The summed E-state index contributed by atoms with van der Waals surface area (Å²) in [6, 6.07) is 48.0. The Hall–Kier alpha value is -6.00. The first kappa shape index (κ1) is 25.5. The van der Waals surface area contributed by atoms with Gasteiger partial charge in [-0.05, 0) is 77.2 Å². The summed E-state index contributed by atoms with van der Waals surface area (Å²) < 4.78 is 4.65. The number of pyridine rings is 2. The number of nitrogens with zero attached hydrogens (tertiary/aromatic N) is 4. The van der Waals surface area contributed by atoms with Crippen molar-refractivity contribution in [1.82, 2.24) is 19.1 Å². The first-order valence-corrected chi connectivity index (χ1v) is 15.3. The molecule has 0 aliphatic heterocycles. The van der Waals surface area contributed by atoms with Crippen LogP contribution in [0.25, 0.3) is 66.1 Å². The molecule has 5 aromatic carbocycles. The number of benzene rings is 5. The van der Waals surface area contributed by atoms with Crippen molar-refractivity contribution in [2.75, 3.05) is 0 Å². The van der Waals surface area contributed by atoms with Gasteiger partial charge in [-0.15, -0.1) is 0 Å². The second-order valence-electron chi connectivity index (χ2n) is 11.6. The molecule has 4 aromatic heterocycles. The molecule has 4 heteroatoms. The van der Waals surface area contributed by atoms with Crippen molar-refractivity contribution in [2.45, 2.75) is 6.42 Å². The van der Waals surface area contributed by atoms with E-state index < -0.39 is 0 Å². The maximum Gasteiger partial charge on any atom is 0.0571 e. The maximum absolute atomic E-state index is 4.38. The fourth-order valence-electron chi connectivity index (χ4n) is 6.80. The smallest absolute Gasteiger partial charge is 0.0571 e. The SMILES string of the molecule is c1ccc2c(c1)c1cnccc1n2-c1ccc(Cc2ccc(-c3ccc(-n4c5ccccc5c5cnccc54)cc3)cc2)cc1. The summed E-state index contributed by atoms with van der Waals surface area (Å²) in [4.78, 5) is 8.75. The van der Waals surface area contributed by atoms with Crippen molar-refractivity contribution < 1.29 is 0 Å². The molecular formula is C41H28N4. The Morgan fingerprint density at radius 1 is 0.378 bits per heavy atom. The Bertz CT molecular complexity index is 2380. The van der Waals surface area contributed by atoms with Gasteiger partial charge in [0.1, 0.15) is 0 Å². The highest BCUT2D eigenvalue weighted by Crippen LogP contribution is 2.33. The molecule has 0 aliphatic rings. The first-order valence-electron chi connectivity index (χ1n) is 15.3. The molecule has 0 saturated carbocycles. The van der Waals surface area contributed by atoms with Crippen LogP contribution < -0.4 is 0 Å². The van der Waals surface area contributed by atoms with E-state index >= 15 is 0 Å². The van der Waals surface area contributed by atoms with Gasteiger partial charge >= 0.3 is 0 Å². The summed E-state index contributed by atoms with van der Waals surface area (Å²) in [6.45, 7) is 0. The molecule has 0 amide bonds. The van der Waals surface area contributed by atoms with Gasteiger partial charge in [-0.1, -0.05) is 84.9 Å². The fraction of sp³-hybridized carbons (Fsp3) is 0.0244. The van der Waals surface area contributed by atoms with Gasteiger partial charge in [0.15, 0.2) is 0 Å². The molecule has 0 bridgehead atoms. The van der Waals surface area contributed by atoms with Gasteiger partial charge < -0.3 is 9.13 Å². The lowest BCUT2D eigenvalue weighted by atomic mass is 10.00. The second-order valence-corrected chi connectivity index (χ2v) is 11.6. The van der Waals surface area contributed by atoms with Crippen molar-refractivity contribution >= 4 is 43.6 Å². The van der Waals surface area contributed by atoms with E-state index in [9.17, 15) is 0 Å². The Morgan fingerprint density at radius 3 is 1.29 bits per heavy atom. The molecule has 9 rings (SSSR count). The third-order valence-corrected chi connectivity index (χ3v) is 8.96. The number of para-hydroxylation sites is 2. The van der Waals surface area contributed by atoms with Crippen LogP contribution in [0, 0.1) is 0 Å². The van der Waals surface area contributed by atoms with Gasteiger partial charge in [0.25, 0.3) is 0 Å². The van der Waals surface area contributed by atoms with Crippen LogP contribution >= 0.6 is 0 Å². The molecule has 0 fully saturated rings. The highest BCUT2D eigenvalue weighted by atomic mass is 15.0. The largest absolute Gasteiger partial charge is 0.309 e. The fourth-order valence-corrected chi connectivity index (χ4v) is 6.80.